The lowest BCUT2D eigenvalue weighted by Gasteiger charge is -2.05. The molecule has 1 saturated heterocycles. The van der Waals surface area contributed by atoms with Crippen LogP contribution in [0.2, 0.25) is 0 Å². The van der Waals surface area contributed by atoms with E-state index >= 15 is 0 Å². The van der Waals surface area contributed by atoms with Gasteiger partial charge >= 0.3 is 0 Å². The van der Waals surface area contributed by atoms with Crippen LogP contribution in [0.25, 0.3) is 0 Å². The summed E-state index contributed by atoms with van der Waals surface area (Å²) >= 11 is 0. The summed E-state index contributed by atoms with van der Waals surface area (Å²) in [5.74, 6) is 0.287. The molecule has 1 heterocycles. The molecule has 0 aromatic carbocycles. The van der Waals surface area contributed by atoms with Crippen molar-refractivity contribution in [2.75, 3.05) is 13.1 Å². The second-order valence-corrected chi connectivity index (χ2v) is 3.05. The first-order chi connectivity index (χ1) is 5.26. The molecule has 0 radical (unpaired) electrons. The van der Waals surface area contributed by atoms with E-state index in [1.165, 1.54) is 6.42 Å². The monoisotopic (exact) mass is 161 g/mol. The van der Waals surface area contributed by atoms with E-state index < -0.39 is 6.17 Å². The largest absolute Gasteiger partial charge is 0.313 e. The van der Waals surface area contributed by atoms with Crippen LogP contribution in [-0.4, -0.2) is 19.3 Å². The summed E-state index contributed by atoms with van der Waals surface area (Å²) in [4.78, 5) is 0. The zero-order valence-electron chi connectivity index (χ0n) is 7.86. The Morgan fingerprint density at radius 1 is 1.27 bits per heavy atom. The Bertz CT molecular complexity index is 85.6. The molecule has 1 fully saturated rings. The van der Waals surface area contributed by atoms with E-state index in [9.17, 15) is 4.39 Å². The first kappa shape index (κ1) is 10.9. The maximum Gasteiger partial charge on any atom is 0.116 e. The van der Waals surface area contributed by atoms with Crippen LogP contribution in [0.1, 0.15) is 33.6 Å². The topological polar surface area (TPSA) is 12.0 Å². The summed E-state index contributed by atoms with van der Waals surface area (Å²) in [7, 11) is 0. The third kappa shape index (κ3) is 4.35. The molecule has 1 aliphatic heterocycles. The molecule has 0 spiro atoms. The van der Waals surface area contributed by atoms with Crippen molar-refractivity contribution < 1.29 is 4.39 Å². The number of hydrogen-bond acceptors (Lipinski definition) is 1. The molecule has 0 amide bonds. The number of hydrogen-bond donors (Lipinski definition) is 1. The van der Waals surface area contributed by atoms with Crippen molar-refractivity contribution in [2.45, 2.75) is 39.8 Å². The standard InChI is InChI=1S/C6H12FN.C3H8/c1-2-5-3-8-4-6(5)7;1-3-2/h5-6,8H,2-4H2,1H3;3H2,1-2H3/t5-,6+;/m1./s1. The van der Waals surface area contributed by atoms with E-state index in [1.54, 1.807) is 0 Å². The van der Waals surface area contributed by atoms with Gasteiger partial charge in [-0.25, -0.2) is 4.39 Å². The van der Waals surface area contributed by atoms with Gasteiger partial charge in [0.1, 0.15) is 6.17 Å². The molecule has 11 heavy (non-hydrogen) atoms. The minimum Gasteiger partial charge on any atom is -0.313 e. The second kappa shape index (κ2) is 6.59. The van der Waals surface area contributed by atoms with Crippen LogP contribution >= 0.6 is 0 Å². The van der Waals surface area contributed by atoms with Crippen LogP contribution < -0.4 is 5.32 Å². The van der Waals surface area contributed by atoms with E-state index in [1.807, 2.05) is 6.92 Å². The lowest BCUT2D eigenvalue weighted by atomic mass is 10.1. The summed E-state index contributed by atoms with van der Waals surface area (Å²) < 4.78 is 12.5. The minimum atomic E-state index is -0.583. The van der Waals surface area contributed by atoms with E-state index in [0.717, 1.165) is 13.0 Å². The molecule has 2 heteroatoms. The molecular weight excluding hydrogens is 141 g/mol. The minimum absolute atomic E-state index is 0.287. The molecule has 68 valence electrons. The number of halogens is 1. The first-order valence-electron chi connectivity index (χ1n) is 4.60. The van der Waals surface area contributed by atoms with Crippen molar-refractivity contribution in [2.24, 2.45) is 5.92 Å². The van der Waals surface area contributed by atoms with Crippen molar-refractivity contribution in [3.05, 3.63) is 0 Å². The number of rotatable bonds is 1. The van der Waals surface area contributed by atoms with Crippen LogP contribution in [0, 0.1) is 5.92 Å². The van der Waals surface area contributed by atoms with Gasteiger partial charge in [-0.3, -0.25) is 0 Å². The molecule has 0 aliphatic carbocycles. The van der Waals surface area contributed by atoms with E-state index in [0.29, 0.717) is 6.54 Å². The Hall–Kier alpha value is -0.110. The van der Waals surface area contributed by atoms with E-state index in [-0.39, 0.29) is 5.92 Å². The summed E-state index contributed by atoms with van der Waals surface area (Å²) in [6.45, 7) is 7.72. The summed E-state index contributed by atoms with van der Waals surface area (Å²) in [6.07, 6.45) is 1.63. The van der Waals surface area contributed by atoms with Crippen molar-refractivity contribution >= 4 is 0 Å². The van der Waals surface area contributed by atoms with Crippen LogP contribution in [-0.2, 0) is 0 Å². The fourth-order valence-corrected chi connectivity index (χ4v) is 1.10. The highest BCUT2D eigenvalue weighted by molar-refractivity contribution is 4.79. The van der Waals surface area contributed by atoms with Gasteiger partial charge in [-0.2, -0.15) is 0 Å². The van der Waals surface area contributed by atoms with Gasteiger partial charge in [0.2, 0.25) is 0 Å². The predicted octanol–water partition coefficient (Wildman–Crippen LogP) is 2.37. The molecular formula is C9H20FN. The summed E-state index contributed by atoms with van der Waals surface area (Å²) in [5.41, 5.74) is 0. The van der Waals surface area contributed by atoms with Crippen LogP contribution in [0.3, 0.4) is 0 Å². The molecule has 1 rings (SSSR count). The van der Waals surface area contributed by atoms with Crippen molar-refractivity contribution in [1.29, 1.82) is 0 Å². The molecule has 0 saturated carbocycles. The molecule has 1 aliphatic rings. The average molecular weight is 161 g/mol. The lowest BCUT2D eigenvalue weighted by Crippen LogP contribution is -2.10. The molecule has 1 nitrogen and oxygen atoms in total. The van der Waals surface area contributed by atoms with Crippen LogP contribution in [0.5, 0.6) is 0 Å². The Morgan fingerprint density at radius 2 is 1.82 bits per heavy atom. The van der Waals surface area contributed by atoms with Gasteiger partial charge in [0.05, 0.1) is 0 Å². The smallest absolute Gasteiger partial charge is 0.116 e. The first-order valence-corrected chi connectivity index (χ1v) is 4.60. The van der Waals surface area contributed by atoms with Crippen LogP contribution in [0.4, 0.5) is 4.39 Å². The number of nitrogens with one attached hydrogen (secondary N) is 1. The van der Waals surface area contributed by atoms with Gasteiger partial charge in [0.15, 0.2) is 0 Å². The Balaban J connectivity index is 0.000000292. The second-order valence-electron chi connectivity index (χ2n) is 3.05. The summed E-state index contributed by atoms with van der Waals surface area (Å²) in [5, 5.41) is 3.00. The fourth-order valence-electron chi connectivity index (χ4n) is 1.10. The van der Waals surface area contributed by atoms with Crippen LogP contribution in [0.15, 0.2) is 0 Å². The van der Waals surface area contributed by atoms with Gasteiger partial charge in [-0.05, 0) is 6.42 Å². The Morgan fingerprint density at radius 3 is 2.00 bits per heavy atom. The molecule has 0 unspecified atom stereocenters. The third-order valence-electron chi connectivity index (χ3n) is 1.78. The summed E-state index contributed by atoms with van der Waals surface area (Å²) in [6, 6.07) is 0. The quantitative estimate of drug-likeness (QED) is 0.622. The van der Waals surface area contributed by atoms with Crippen molar-refractivity contribution in [3.8, 4) is 0 Å². The third-order valence-corrected chi connectivity index (χ3v) is 1.78. The van der Waals surface area contributed by atoms with Gasteiger partial charge in [-0.15, -0.1) is 0 Å². The fraction of sp³-hybridized carbons (Fsp3) is 1.00. The molecule has 0 aromatic rings. The maximum absolute atomic E-state index is 12.5. The maximum atomic E-state index is 12.5. The molecule has 1 N–H and O–H groups in total. The van der Waals surface area contributed by atoms with Crippen molar-refractivity contribution in [1.82, 2.24) is 5.32 Å². The zero-order chi connectivity index (χ0) is 8.69. The highest BCUT2D eigenvalue weighted by Crippen LogP contribution is 2.14. The molecule has 0 aromatic heterocycles. The molecule has 2 atom stereocenters. The zero-order valence-corrected chi connectivity index (χ0v) is 7.86. The molecule has 0 bridgehead atoms. The SMILES string of the molecule is CCC.CC[C@@H]1CNC[C@@H]1F. The highest BCUT2D eigenvalue weighted by Gasteiger charge is 2.24. The lowest BCUT2D eigenvalue weighted by molar-refractivity contribution is 0.278. The Labute approximate surface area is 69.4 Å². The van der Waals surface area contributed by atoms with Gasteiger partial charge in [0, 0.05) is 19.0 Å². The predicted molar refractivity (Wildman–Crippen MR) is 47.5 cm³/mol. The van der Waals surface area contributed by atoms with E-state index in [4.69, 9.17) is 0 Å². The van der Waals surface area contributed by atoms with Crippen molar-refractivity contribution in [3.63, 3.8) is 0 Å². The average Bonchev–Trinajstić information content (AvgIpc) is 2.36. The van der Waals surface area contributed by atoms with Gasteiger partial charge in [-0.1, -0.05) is 27.2 Å². The normalized spacial score (nSPS) is 29.5. The number of alkyl halides is 1. The Kier molecular flexibility index (Phi) is 6.52. The van der Waals surface area contributed by atoms with E-state index in [2.05, 4.69) is 19.2 Å². The highest BCUT2D eigenvalue weighted by atomic mass is 19.1. The van der Waals surface area contributed by atoms with Gasteiger partial charge < -0.3 is 5.32 Å². The van der Waals surface area contributed by atoms with Gasteiger partial charge in [0.25, 0.3) is 0 Å².